The topological polar surface area (TPSA) is 34.6 Å². The molecule has 0 spiro atoms. The molecule has 6 heteroatoms. The Morgan fingerprint density at radius 2 is 0.722 bits per heavy atom. The second kappa shape index (κ2) is 12.9. The zero-order valence-corrected chi connectivity index (χ0v) is 35.8. The number of rotatable bonds is 4. The Labute approximate surface area is 328 Å². The molecule has 6 aromatic rings. The van der Waals surface area contributed by atoms with Gasteiger partial charge in [-0.15, -0.1) is 0 Å². The van der Waals surface area contributed by atoms with Gasteiger partial charge in [-0.05, 0) is 0 Å². The fourth-order valence-corrected chi connectivity index (χ4v) is 19.7. The summed E-state index contributed by atoms with van der Waals surface area (Å²) in [7, 11) is 8.41. The predicted octanol–water partition coefficient (Wildman–Crippen LogP) is 9.11. The Morgan fingerprint density at radius 1 is 0.389 bits per heavy atom. The molecule has 6 heterocycles. The Bertz CT molecular complexity index is 2680. The number of aromatic nitrogens is 2. The molecule has 0 saturated heterocycles. The van der Waals surface area contributed by atoms with Crippen LogP contribution in [0.15, 0.2) is 167 Å². The number of allylic oxidation sites excluding steroid dienone is 4. The van der Waals surface area contributed by atoms with E-state index in [1.54, 1.807) is 0 Å². The Balaban J connectivity index is 1.43. The first-order chi connectivity index (χ1) is 26.3. The van der Waals surface area contributed by atoms with Crippen LogP contribution < -0.4 is 10.7 Å². The molecule has 6 bridgehead atoms. The second-order valence-corrected chi connectivity index (χ2v) is 24.5. The Morgan fingerprint density at radius 3 is 1.07 bits per heavy atom. The first-order valence-electron chi connectivity index (χ1n) is 18.5. The van der Waals surface area contributed by atoms with E-state index < -0.39 is 22.1 Å². The molecule has 0 atom stereocenters. The van der Waals surface area contributed by atoms with Crippen LogP contribution in [0.25, 0.3) is 22.3 Å². The zero-order valence-electron chi connectivity index (χ0n) is 30.6. The quantitative estimate of drug-likeness (QED) is 0.159. The van der Waals surface area contributed by atoms with Crippen LogP contribution in [0.5, 0.6) is 0 Å². The number of aliphatic imine (C=N–C) groups is 2. The molecule has 2 aromatic heterocycles. The van der Waals surface area contributed by atoms with E-state index in [0.717, 1.165) is 89.4 Å². The first kappa shape index (κ1) is 33.3. The van der Waals surface area contributed by atoms with Gasteiger partial charge >= 0.3 is 330 Å². The number of hydrogen-bond acceptors (Lipinski definition) is 2. The van der Waals surface area contributed by atoms with Gasteiger partial charge in [0.05, 0.1) is 0 Å². The van der Waals surface area contributed by atoms with E-state index in [-0.39, 0.29) is 0 Å². The number of halogens is 1. The fourth-order valence-electron chi connectivity index (χ4n) is 8.16. The van der Waals surface area contributed by atoms with Gasteiger partial charge in [-0.2, -0.15) is 0 Å². The van der Waals surface area contributed by atoms with Crippen LogP contribution in [-0.2, 0) is 0 Å². The Kier molecular flexibility index (Phi) is 7.96. The molecule has 258 valence electrons. The molecule has 0 amide bonds. The minimum absolute atomic E-state index is 0.937. The molecule has 4 nitrogen and oxygen atoms in total. The molecule has 4 aromatic carbocycles. The van der Waals surface area contributed by atoms with Gasteiger partial charge in [-0.1, -0.05) is 0 Å². The van der Waals surface area contributed by atoms with Crippen molar-refractivity contribution in [3.63, 3.8) is 0 Å². The van der Waals surface area contributed by atoms with Crippen molar-refractivity contribution in [2.24, 2.45) is 9.98 Å². The van der Waals surface area contributed by atoms with Crippen molar-refractivity contribution in [1.82, 2.24) is 4.75 Å². The van der Waals surface area contributed by atoms with E-state index in [1.165, 1.54) is 22.3 Å². The average molecular weight is 909 g/mol. The molecular formula is C48H36ClN4Tl. The molecule has 0 fully saturated rings. The van der Waals surface area contributed by atoms with E-state index >= 15 is 0 Å². The molecule has 0 radical (unpaired) electrons. The summed E-state index contributed by atoms with van der Waals surface area (Å²) in [5, 5.41) is 2.16. The zero-order chi connectivity index (χ0) is 36.7. The summed E-state index contributed by atoms with van der Waals surface area (Å²) < 4.78 is 5.05. The summed E-state index contributed by atoms with van der Waals surface area (Å²) in [4.78, 5) is 11.0. The van der Waals surface area contributed by atoms with Crippen LogP contribution in [0, 0.1) is 27.7 Å². The van der Waals surface area contributed by atoms with E-state index in [4.69, 9.17) is 18.3 Å². The molecule has 0 saturated carbocycles. The van der Waals surface area contributed by atoms with Gasteiger partial charge in [-0.3, -0.25) is 0 Å². The van der Waals surface area contributed by atoms with E-state index in [0.29, 0.717) is 0 Å². The van der Waals surface area contributed by atoms with Crippen LogP contribution in [-0.4, -0.2) is 38.3 Å². The van der Waals surface area contributed by atoms with Crippen LogP contribution >= 0.6 is 8.32 Å². The van der Waals surface area contributed by atoms with Crippen LogP contribution in [0.4, 0.5) is 0 Å². The number of fused-ring (bicyclic) bond motifs is 2. The summed E-state index contributed by atoms with van der Waals surface area (Å²) in [6.45, 7) is 8.54. The second-order valence-electron chi connectivity index (χ2n) is 14.7. The van der Waals surface area contributed by atoms with E-state index in [2.05, 4.69) is 178 Å². The normalized spacial score (nSPS) is 15.7. The minimum atomic E-state index is -3.95. The molecule has 4 aliphatic heterocycles. The third-order valence-electron chi connectivity index (χ3n) is 11.0. The van der Waals surface area contributed by atoms with E-state index in [9.17, 15) is 0 Å². The molecule has 0 N–H and O–H groups in total. The van der Waals surface area contributed by atoms with Crippen molar-refractivity contribution in [1.29, 1.82) is 0 Å². The van der Waals surface area contributed by atoms with Crippen molar-refractivity contribution in [3.8, 4) is 0 Å². The van der Waals surface area contributed by atoms with Crippen molar-refractivity contribution >= 4 is 64.1 Å². The summed E-state index contributed by atoms with van der Waals surface area (Å²) in [5.41, 5.74) is 19.6. The summed E-state index contributed by atoms with van der Waals surface area (Å²) in [5.74, 6) is 0. The van der Waals surface area contributed by atoms with E-state index in [1.807, 2.05) is 0 Å². The third kappa shape index (κ3) is 5.37. The molecule has 10 rings (SSSR count). The average Bonchev–Trinajstić information content (AvgIpc) is 4.00. The molecule has 0 unspecified atom stereocenters. The predicted molar refractivity (Wildman–Crippen MR) is 225 cm³/mol. The fraction of sp³-hybridized carbons (Fsp3) is 0.0833. The third-order valence-corrected chi connectivity index (χ3v) is 22.0. The molecule has 54 heavy (non-hydrogen) atoms. The molecule has 0 aliphatic carbocycles. The standard InChI is InChI=1S/C48H36N4.ClH.Tl/c1-29-5-13-33(14-6-29)45-37-21-23-39(49-37)46(34-15-7-30(2)8-16-34)41-25-27-43(51-41)48(36-19-11-32(4)12-20-36)44-28-26-42(52-44)47(40-24-22-38(45)50-40)35-17-9-31(3)10-18-35;;/h5-28H,1-4H3;1H;/q-2;;+3/p-1. The van der Waals surface area contributed by atoms with Crippen molar-refractivity contribution in [2.75, 3.05) is 0 Å². The maximum absolute atomic E-state index is 8.41. The summed E-state index contributed by atoms with van der Waals surface area (Å²) >= 11 is -3.95. The summed E-state index contributed by atoms with van der Waals surface area (Å²) in [6.07, 6.45) is 8.75. The van der Waals surface area contributed by atoms with Crippen molar-refractivity contribution in [3.05, 3.63) is 224 Å². The van der Waals surface area contributed by atoms with Gasteiger partial charge in [0.15, 0.2) is 0 Å². The Hall–Kier alpha value is -5.31. The maximum atomic E-state index is 8.41. The monoisotopic (exact) mass is 908 g/mol. The van der Waals surface area contributed by atoms with Crippen molar-refractivity contribution in [2.45, 2.75) is 27.7 Å². The molecule has 4 aliphatic rings. The van der Waals surface area contributed by atoms with Gasteiger partial charge in [0, 0.05) is 0 Å². The number of aryl methyl sites for hydroxylation is 4. The first-order valence-corrected chi connectivity index (χ1v) is 28.0. The van der Waals surface area contributed by atoms with Gasteiger partial charge < -0.3 is 0 Å². The molecular weight excluding hydrogens is 872 g/mol. The van der Waals surface area contributed by atoms with Gasteiger partial charge in [-0.25, -0.2) is 0 Å². The van der Waals surface area contributed by atoms with Gasteiger partial charge in [0.1, 0.15) is 0 Å². The van der Waals surface area contributed by atoms with Crippen LogP contribution in [0.1, 0.15) is 55.9 Å². The number of benzene rings is 4. The SMILES string of the molecule is Cc1ccc(C2=C3C=CC(=N3)C(c3ccc(C)cc3)=c3ccc4[n]3[Tl]([Cl])[n]3c2ccc3C(c2ccc(C)cc2)=C2C=CC(=N2)C=4c2ccc(C)cc2)cc1. The number of nitrogens with zero attached hydrogens (tertiary/aromatic N) is 4. The van der Waals surface area contributed by atoms with Crippen LogP contribution in [0.3, 0.4) is 0 Å². The number of hydrogen-bond donors (Lipinski definition) is 0. The van der Waals surface area contributed by atoms with Crippen LogP contribution in [0.2, 0.25) is 0 Å². The van der Waals surface area contributed by atoms with Gasteiger partial charge in [0.25, 0.3) is 0 Å². The summed E-state index contributed by atoms with van der Waals surface area (Å²) in [6, 6.07) is 44.4. The van der Waals surface area contributed by atoms with Gasteiger partial charge in [0.2, 0.25) is 0 Å². The van der Waals surface area contributed by atoms with Crippen molar-refractivity contribution < 1.29 is 0 Å².